The number of piperidine rings is 1. The summed E-state index contributed by atoms with van der Waals surface area (Å²) in [5, 5.41) is 11.1. The molecule has 1 amide bonds. The molecule has 1 fully saturated rings. The van der Waals surface area contributed by atoms with Crippen molar-refractivity contribution in [1.82, 2.24) is 20.4 Å². The molecule has 1 aliphatic rings. The molecule has 3 rings (SSSR count). The first-order chi connectivity index (χ1) is 13.2. The molecule has 2 aromatic rings. The number of nitrogens with zero attached hydrogens (tertiary/aromatic N) is 2. The molecular weight excluding hydrogens is 340 g/mol. The molecule has 2 N–H and O–H groups in total. The third-order valence-corrected chi connectivity index (χ3v) is 5.16. The number of hydrogen-bond acceptors (Lipinski definition) is 4. The van der Waals surface area contributed by atoms with Gasteiger partial charge in [0.2, 0.25) is 0 Å². The van der Waals surface area contributed by atoms with Crippen LogP contribution in [0.2, 0.25) is 0 Å². The molecule has 0 aliphatic carbocycles. The van der Waals surface area contributed by atoms with Gasteiger partial charge in [0, 0.05) is 12.7 Å². The SMILES string of the molecule is CCCCC(NC(=O)c1ccn(C2CCCNC2)n1)c1ccc(OC)cc1. The van der Waals surface area contributed by atoms with E-state index in [1.165, 1.54) is 0 Å². The van der Waals surface area contributed by atoms with E-state index in [2.05, 4.69) is 22.7 Å². The highest BCUT2D eigenvalue weighted by atomic mass is 16.5. The molecule has 0 bridgehead atoms. The molecule has 1 aliphatic heterocycles. The summed E-state index contributed by atoms with van der Waals surface area (Å²) < 4.78 is 7.16. The van der Waals surface area contributed by atoms with Gasteiger partial charge in [-0.25, -0.2) is 0 Å². The Morgan fingerprint density at radius 3 is 2.85 bits per heavy atom. The monoisotopic (exact) mass is 370 g/mol. The Bertz CT molecular complexity index is 720. The van der Waals surface area contributed by atoms with Crippen LogP contribution < -0.4 is 15.4 Å². The van der Waals surface area contributed by atoms with E-state index in [9.17, 15) is 4.79 Å². The Morgan fingerprint density at radius 2 is 2.19 bits per heavy atom. The van der Waals surface area contributed by atoms with E-state index >= 15 is 0 Å². The number of carbonyl (C=O) groups is 1. The van der Waals surface area contributed by atoms with E-state index in [1.807, 2.05) is 41.2 Å². The summed E-state index contributed by atoms with van der Waals surface area (Å²) in [6, 6.07) is 10.0. The molecule has 6 nitrogen and oxygen atoms in total. The summed E-state index contributed by atoms with van der Waals surface area (Å²) in [6.07, 6.45) is 7.21. The summed E-state index contributed by atoms with van der Waals surface area (Å²) in [5.74, 6) is 0.702. The third kappa shape index (κ3) is 5.10. The van der Waals surface area contributed by atoms with Crippen molar-refractivity contribution in [3.05, 3.63) is 47.8 Å². The van der Waals surface area contributed by atoms with Crippen molar-refractivity contribution < 1.29 is 9.53 Å². The molecule has 2 heterocycles. The fourth-order valence-electron chi connectivity index (χ4n) is 3.52. The van der Waals surface area contributed by atoms with E-state index in [0.29, 0.717) is 11.7 Å². The van der Waals surface area contributed by atoms with Crippen LogP contribution in [0.1, 0.15) is 67.2 Å². The Morgan fingerprint density at radius 1 is 1.37 bits per heavy atom. The van der Waals surface area contributed by atoms with Crippen molar-refractivity contribution in [2.75, 3.05) is 20.2 Å². The van der Waals surface area contributed by atoms with E-state index in [-0.39, 0.29) is 11.9 Å². The highest BCUT2D eigenvalue weighted by Gasteiger charge is 2.20. The van der Waals surface area contributed by atoms with Gasteiger partial charge in [-0.1, -0.05) is 31.9 Å². The van der Waals surface area contributed by atoms with Crippen LogP contribution in [-0.4, -0.2) is 35.9 Å². The van der Waals surface area contributed by atoms with Crippen molar-refractivity contribution >= 4 is 5.91 Å². The van der Waals surface area contributed by atoms with Gasteiger partial charge in [-0.05, 0) is 49.6 Å². The lowest BCUT2D eigenvalue weighted by Crippen LogP contribution is -2.32. The number of aromatic nitrogens is 2. The van der Waals surface area contributed by atoms with Crippen LogP contribution in [0.15, 0.2) is 36.5 Å². The van der Waals surface area contributed by atoms with Gasteiger partial charge < -0.3 is 15.4 Å². The predicted molar refractivity (Wildman–Crippen MR) is 106 cm³/mol. The molecule has 1 saturated heterocycles. The second-order valence-electron chi connectivity index (χ2n) is 7.12. The first kappa shape index (κ1) is 19.4. The smallest absolute Gasteiger partial charge is 0.272 e. The van der Waals surface area contributed by atoms with Crippen molar-refractivity contribution in [2.24, 2.45) is 0 Å². The maximum absolute atomic E-state index is 12.8. The minimum absolute atomic E-state index is 0.0233. The van der Waals surface area contributed by atoms with Gasteiger partial charge in [0.15, 0.2) is 0 Å². The lowest BCUT2D eigenvalue weighted by atomic mass is 10.0. The number of carbonyl (C=O) groups excluding carboxylic acids is 1. The van der Waals surface area contributed by atoms with Crippen LogP contribution in [0.25, 0.3) is 0 Å². The molecule has 0 spiro atoms. The van der Waals surface area contributed by atoms with Crippen LogP contribution in [0.3, 0.4) is 0 Å². The number of unbranched alkanes of at least 4 members (excludes halogenated alkanes) is 1. The summed E-state index contributed by atoms with van der Waals surface area (Å²) >= 11 is 0. The Hall–Kier alpha value is -2.34. The number of nitrogens with one attached hydrogen (secondary N) is 2. The third-order valence-electron chi connectivity index (χ3n) is 5.16. The maximum atomic E-state index is 12.8. The molecule has 27 heavy (non-hydrogen) atoms. The normalized spacial score (nSPS) is 18.1. The van der Waals surface area contributed by atoms with Gasteiger partial charge in [-0.15, -0.1) is 0 Å². The van der Waals surface area contributed by atoms with Gasteiger partial charge in [-0.3, -0.25) is 9.48 Å². The number of methoxy groups -OCH3 is 1. The minimum Gasteiger partial charge on any atom is -0.497 e. The molecule has 0 saturated carbocycles. The second-order valence-corrected chi connectivity index (χ2v) is 7.12. The van der Waals surface area contributed by atoms with Gasteiger partial charge in [0.1, 0.15) is 11.4 Å². The van der Waals surface area contributed by atoms with Crippen LogP contribution in [-0.2, 0) is 0 Å². The maximum Gasteiger partial charge on any atom is 0.272 e. The quantitative estimate of drug-likeness (QED) is 0.746. The zero-order valence-electron chi connectivity index (χ0n) is 16.3. The Balaban J connectivity index is 1.68. The van der Waals surface area contributed by atoms with Crippen LogP contribution >= 0.6 is 0 Å². The number of benzene rings is 1. The average molecular weight is 370 g/mol. The predicted octanol–water partition coefficient (Wildman–Crippen LogP) is 3.48. The zero-order chi connectivity index (χ0) is 19.1. The lowest BCUT2D eigenvalue weighted by molar-refractivity contribution is 0.0927. The molecule has 1 aromatic carbocycles. The second kappa shape index (κ2) is 9.55. The number of ether oxygens (including phenoxy) is 1. The Labute approximate surface area is 161 Å². The summed E-state index contributed by atoms with van der Waals surface area (Å²) in [7, 11) is 1.66. The molecular formula is C21H30N4O2. The van der Waals surface area contributed by atoms with E-state index in [0.717, 1.165) is 56.5 Å². The van der Waals surface area contributed by atoms with E-state index in [4.69, 9.17) is 4.74 Å². The first-order valence-corrected chi connectivity index (χ1v) is 9.92. The van der Waals surface area contributed by atoms with Crippen LogP contribution in [0.5, 0.6) is 5.75 Å². The highest BCUT2D eigenvalue weighted by molar-refractivity contribution is 5.92. The zero-order valence-corrected chi connectivity index (χ0v) is 16.3. The summed E-state index contributed by atoms with van der Waals surface area (Å²) in [6.45, 7) is 4.13. The molecule has 0 radical (unpaired) electrons. The van der Waals surface area contributed by atoms with E-state index in [1.54, 1.807) is 7.11 Å². The number of rotatable bonds is 8. The van der Waals surface area contributed by atoms with Crippen LogP contribution in [0, 0.1) is 0 Å². The van der Waals surface area contributed by atoms with Gasteiger partial charge >= 0.3 is 0 Å². The van der Waals surface area contributed by atoms with Gasteiger partial charge in [0.05, 0.1) is 19.2 Å². The van der Waals surface area contributed by atoms with Crippen molar-refractivity contribution in [1.29, 1.82) is 0 Å². The van der Waals surface area contributed by atoms with Crippen molar-refractivity contribution in [2.45, 2.75) is 51.1 Å². The Kier molecular flexibility index (Phi) is 6.87. The molecule has 2 atom stereocenters. The fourth-order valence-corrected chi connectivity index (χ4v) is 3.52. The molecule has 146 valence electrons. The highest BCUT2D eigenvalue weighted by Crippen LogP contribution is 2.23. The fraction of sp³-hybridized carbons (Fsp3) is 0.524. The largest absolute Gasteiger partial charge is 0.497 e. The van der Waals surface area contributed by atoms with E-state index < -0.39 is 0 Å². The van der Waals surface area contributed by atoms with Crippen LogP contribution in [0.4, 0.5) is 0 Å². The average Bonchev–Trinajstić information content (AvgIpc) is 3.22. The summed E-state index contributed by atoms with van der Waals surface area (Å²) in [4.78, 5) is 12.8. The van der Waals surface area contributed by atoms with Gasteiger partial charge in [-0.2, -0.15) is 5.10 Å². The van der Waals surface area contributed by atoms with Crippen molar-refractivity contribution in [3.8, 4) is 5.75 Å². The molecule has 2 unspecified atom stereocenters. The number of amides is 1. The standard InChI is InChI=1S/C21H30N4O2/c1-3-4-7-19(16-8-10-18(27-2)11-9-16)23-21(26)20-12-14-25(24-20)17-6-5-13-22-15-17/h8-12,14,17,19,22H,3-7,13,15H2,1-2H3,(H,23,26). The topological polar surface area (TPSA) is 68.2 Å². The molecule has 6 heteroatoms. The minimum atomic E-state index is -0.116. The lowest BCUT2D eigenvalue weighted by Gasteiger charge is -2.23. The van der Waals surface area contributed by atoms with Gasteiger partial charge in [0.25, 0.3) is 5.91 Å². The first-order valence-electron chi connectivity index (χ1n) is 9.92. The summed E-state index contributed by atoms with van der Waals surface area (Å²) in [5.41, 5.74) is 1.57. The molecule has 1 aromatic heterocycles. The number of hydrogen-bond donors (Lipinski definition) is 2. The van der Waals surface area contributed by atoms with Crippen molar-refractivity contribution in [3.63, 3.8) is 0 Å².